The average molecular weight is 340 g/mol. The highest BCUT2D eigenvalue weighted by Gasteiger charge is 2.26. The second-order valence-corrected chi connectivity index (χ2v) is 6.37. The number of phenolic OH excluding ortho intramolecular Hbond substituents is 1. The predicted molar refractivity (Wildman–Crippen MR) is 93.9 cm³/mol. The molecular weight excluding hydrogens is 320 g/mol. The number of aromatic hydroxyl groups is 1. The fourth-order valence-electron chi connectivity index (χ4n) is 3.47. The van der Waals surface area contributed by atoms with Crippen molar-refractivity contribution >= 4 is 5.82 Å². The van der Waals surface area contributed by atoms with E-state index in [1.54, 1.807) is 19.2 Å². The first kappa shape index (κ1) is 16.8. The van der Waals surface area contributed by atoms with E-state index in [-0.39, 0.29) is 11.3 Å². The minimum absolute atomic E-state index is 0.00711. The van der Waals surface area contributed by atoms with Gasteiger partial charge in [-0.1, -0.05) is 12.1 Å². The Morgan fingerprint density at radius 1 is 1.08 bits per heavy atom. The zero-order valence-electron chi connectivity index (χ0n) is 14.3. The van der Waals surface area contributed by atoms with Crippen LogP contribution in [0.3, 0.4) is 0 Å². The summed E-state index contributed by atoms with van der Waals surface area (Å²) in [7, 11) is 2.97. The van der Waals surface area contributed by atoms with Gasteiger partial charge in [-0.2, -0.15) is 5.26 Å². The Kier molecular flexibility index (Phi) is 4.36. The molecule has 7 heteroatoms. The molecule has 1 aliphatic rings. The van der Waals surface area contributed by atoms with Crippen molar-refractivity contribution in [2.45, 2.75) is 18.8 Å². The molecule has 1 aliphatic heterocycles. The third kappa shape index (κ3) is 2.91. The zero-order chi connectivity index (χ0) is 18.1. The summed E-state index contributed by atoms with van der Waals surface area (Å²) in [6.45, 7) is 1.31. The highest BCUT2D eigenvalue weighted by Crippen LogP contribution is 2.31. The van der Waals surface area contributed by atoms with Crippen molar-refractivity contribution in [1.82, 2.24) is 9.13 Å². The molecule has 1 aromatic heterocycles. The first-order valence-electron chi connectivity index (χ1n) is 8.18. The normalized spacial score (nSPS) is 15.2. The molecule has 0 unspecified atom stereocenters. The first-order valence-corrected chi connectivity index (χ1v) is 8.18. The second-order valence-electron chi connectivity index (χ2n) is 6.37. The van der Waals surface area contributed by atoms with E-state index in [4.69, 9.17) is 0 Å². The Balaban J connectivity index is 1.89. The maximum atomic E-state index is 12.2. The molecular formula is C18H20N4O3. The molecule has 2 aromatic rings. The lowest BCUT2D eigenvalue weighted by Crippen LogP contribution is -2.44. The molecule has 0 bridgehead atoms. The molecule has 0 radical (unpaired) electrons. The summed E-state index contributed by atoms with van der Waals surface area (Å²) in [5.41, 5.74) is 0.185. The number of benzene rings is 1. The zero-order valence-corrected chi connectivity index (χ0v) is 14.3. The molecule has 1 aromatic carbocycles. The van der Waals surface area contributed by atoms with E-state index in [1.165, 1.54) is 11.6 Å². The number of piperidine rings is 1. The molecule has 7 nitrogen and oxygen atoms in total. The van der Waals surface area contributed by atoms with Gasteiger partial charge in [-0.3, -0.25) is 13.9 Å². The summed E-state index contributed by atoms with van der Waals surface area (Å²) in [4.78, 5) is 26.4. The number of anilines is 1. The van der Waals surface area contributed by atoms with Crippen LogP contribution >= 0.6 is 0 Å². The second kappa shape index (κ2) is 6.48. The Morgan fingerprint density at radius 3 is 2.24 bits per heavy atom. The first-order chi connectivity index (χ1) is 11.9. The van der Waals surface area contributed by atoms with Gasteiger partial charge in [0, 0.05) is 27.2 Å². The molecule has 2 heterocycles. The van der Waals surface area contributed by atoms with Gasteiger partial charge in [0.2, 0.25) is 0 Å². The van der Waals surface area contributed by atoms with Gasteiger partial charge in [-0.05, 0) is 36.5 Å². The van der Waals surface area contributed by atoms with E-state index in [0.717, 1.165) is 23.0 Å². The van der Waals surface area contributed by atoms with Gasteiger partial charge in [-0.15, -0.1) is 0 Å². The molecule has 1 N–H and O–H groups in total. The van der Waals surface area contributed by atoms with Crippen LogP contribution in [0.25, 0.3) is 0 Å². The van der Waals surface area contributed by atoms with Crippen molar-refractivity contribution in [3.05, 3.63) is 56.2 Å². The molecule has 25 heavy (non-hydrogen) atoms. The summed E-state index contributed by atoms with van der Waals surface area (Å²) in [5, 5.41) is 18.8. The minimum Gasteiger partial charge on any atom is -0.508 e. The molecule has 1 fully saturated rings. The van der Waals surface area contributed by atoms with Crippen molar-refractivity contribution in [3.63, 3.8) is 0 Å². The summed E-state index contributed by atoms with van der Waals surface area (Å²) in [6.07, 6.45) is 1.69. The van der Waals surface area contributed by atoms with Gasteiger partial charge in [-0.25, -0.2) is 4.79 Å². The van der Waals surface area contributed by atoms with Crippen molar-refractivity contribution in [3.8, 4) is 11.8 Å². The standard InChI is InChI=1S/C18H20N4O3/c1-20-16(15(11-19)17(24)21(2)18(20)25)22-9-7-13(8-10-22)12-3-5-14(23)6-4-12/h3-6,13,23H,7-10H2,1-2H3. The van der Waals surface area contributed by atoms with Crippen LogP contribution < -0.4 is 16.1 Å². The number of phenols is 1. The van der Waals surface area contributed by atoms with Gasteiger partial charge < -0.3 is 10.0 Å². The lowest BCUT2D eigenvalue weighted by atomic mass is 9.89. The van der Waals surface area contributed by atoms with Crippen molar-refractivity contribution in [2.24, 2.45) is 14.1 Å². The summed E-state index contributed by atoms with van der Waals surface area (Å²) in [6, 6.07) is 9.16. The van der Waals surface area contributed by atoms with Crippen LogP contribution in [0.2, 0.25) is 0 Å². The smallest absolute Gasteiger partial charge is 0.332 e. The fourth-order valence-corrected chi connectivity index (χ4v) is 3.47. The molecule has 0 spiro atoms. The SMILES string of the molecule is Cn1c(N2CCC(c3ccc(O)cc3)CC2)c(C#N)c(=O)n(C)c1=O. The minimum atomic E-state index is -0.554. The van der Waals surface area contributed by atoms with E-state index < -0.39 is 11.2 Å². The largest absolute Gasteiger partial charge is 0.508 e. The van der Waals surface area contributed by atoms with Crippen LogP contribution in [-0.4, -0.2) is 27.3 Å². The van der Waals surface area contributed by atoms with Crippen molar-refractivity contribution < 1.29 is 5.11 Å². The van der Waals surface area contributed by atoms with Crippen LogP contribution in [0.1, 0.15) is 29.9 Å². The fraction of sp³-hybridized carbons (Fsp3) is 0.389. The predicted octanol–water partition coefficient (Wildman–Crippen LogP) is 1.05. The maximum absolute atomic E-state index is 12.2. The van der Waals surface area contributed by atoms with E-state index in [0.29, 0.717) is 24.8 Å². The summed E-state index contributed by atoms with van der Waals surface area (Å²) < 4.78 is 2.34. The van der Waals surface area contributed by atoms with Crippen LogP contribution in [0.4, 0.5) is 5.82 Å². The van der Waals surface area contributed by atoms with E-state index in [1.807, 2.05) is 23.1 Å². The Bertz CT molecular complexity index is 943. The van der Waals surface area contributed by atoms with Gasteiger partial charge in [0.1, 0.15) is 17.6 Å². The Morgan fingerprint density at radius 2 is 1.68 bits per heavy atom. The highest BCUT2D eigenvalue weighted by atomic mass is 16.3. The van der Waals surface area contributed by atoms with Crippen LogP contribution in [0, 0.1) is 11.3 Å². The Labute approximate surface area is 145 Å². The molecule has 0 atom stereocenters. The van der Waals surface area contributed by atoms with Gasteiger partial charge in [0.05, 0.1) is 0 Å². The number of hydrogen-bond acceptors (Lipinski definition) is 5. The number of rotatable bonds is 2. The van der Waals surface area contributed by atoms with Crippen LogP contribution in [0.5, 0.6) is 5.75 Å². The van der Waals surface area contributed by atoms with Crippen LogP contribution in [-0.2, 0) is 14.1 Å². The van der Waals surface area contributed by atoms with Crippen molar-refractivity contribution in [1.29, 1.82) is 5.26 Å². The topological polar surface area (TPSA) is 91.3 Å². The van der Waals surface area contributed by atoms with Crippen LogP contribution in [0.15, 0.2) is 33.9 Å². The monoisotopic (exact) mass is 340 g/mol. The number of hydrogen-bond donors (Lipinski definition) is 1. The third-order valence-corrected chi connectivity index (χ3v) is 4.90. The molecule has 0 saturated carbocycles. The van der Waals surface area contributed by atoms with Gasteiger partial charge >= 0.3 is 5.69 Å². The number of aromatic nitrogens is 2. The molecule has 3 rings (SSSR count). The lowest BCUT2D eigenvalue weighted by Gasteiger charge is -2.34. The molecule has 0 aliphatic carbocycles. The lowest BCUT2D eigenvalue weighted by molar-refractivity contribution is 0.472. The third-order valence-electron chi connectivity index (χ3n) is 4.90. The number of nitrogens with zero attached hydrogens (tertiary/aromatic N) is 4. The average Bonchev–Trinajstić information content (AvgIpc) is 2.63. The van der Waals surface area contributed by atoms with Gasteiger partial charge in [0.15, 0.2) is 5.56 Å². The highest BCUT2D eigenvalue weighted by molar-refractivity contribution is 5.54. The molecule has 130 valence electrons. The maximum Gasteiger partial charge on any atom is 0.332 e. The van der Waals surface area contributed by atoms with E-state index in [9.17, 15) is 20.0 Å². The molecule has 1 saturated heterocycles. The van der Waals surface area contributed by atoms with E-state index >= 15 is 0 Å². The number of nitriles is 1. The quantitative estimate of drug-likeness (QED) is 0.882. The molecule has 0 amide bonds. The Hall–Kier alpha value is -3.01. The summed E-state index contributed by atoms with van der Waals surface area (Å²) >= 11 is 0. The van der Waals surface area contributed by atoms with Gasteiger partial charge in [0.25, 0.3) is 5.56 Å². The van der Waals surface area contributed by atoms with E-state index in [2.05, 4.69) is 0 Å². The summed E-state index contributed by atoms with van der Waals surface area (Å²) in [5.74, 6) is 1.00. The van der Waals surface area contributed by atoms with Crippen molar-refractivity contribution in [2.75, 3.05) is 18.0 Å².